The Morgan fingerprint density at radius 1 is 1.28 bits per heavy atom. The molecule has 3 aromatic rings. The van der Waals surface area contributed by atoms with Gasteiger partial charge in [0.25, 0.3) is 5.91 Å². The van der Waals surface area contributed by atoms with Crippen LogP contribution in [0.4, 0.5) is 0 Å². The molecule has 154 valence electrons. The Labute approximate surface area is 181 Å². The molecule has 0 bridgehead atoms. The van der Waals surface area contributed by atoms with Gasteiger partial charge in [-0.2, -0.15) is 0 Å². The predicted octanol–water partition coefficient (Wildman–Crippen LogP) is 3.71. The Morgan fingerprint density at radius 2 is 2.03 bits per heavy atom. The fourth-order valence-corrected chi connectivity index (χ4v) is 4.64. The third-order valence-corrected chi connectivity index (χ3v) is 6.36. The SMILES string of the molecule is Cc1ccsc1C(Cc1ccccc1)NC(=O)c1cn(C2CCNCC2)nn1.Cl. The minimum atomic E-state index is -0.172. The van der Waals surface area contributed by atoms with Crippen LogP contribution in [-0.2, 0) is 6.42 Å². The molecule has 6 nitrogen and oxygen atoms in total. The summed E-state index contributed by atoms with van der Waals surface area (Å²) in [5.41, 5.74) is 2.77. The van der Waals surface area contributed by atoms with Gasteiger partial charge in [-0.25, -0.2) is 4.68 Å². The summed E-state index contributed by atoms with van der Waals surface area (Å²) in [5.74, 6) is -0.172. The van der Waals surface area contributed by atoms with Crippen LogP contribution in [0.2, 0.25) is 0 Å². The summed E-state index contributed by atoms with van der Waals surface area (Å²) in [6.07, 6.45) is 4.55. The molecule has 0 aliphatic carbocycles. The van der Waals surface area contributed by atoms with Gasteiger partial charge < -0.3 is 10.6 Å². The molecule has 2 N–H and O–H groups in total. The van der Waals surface area contributed by atoms with E-state index in [0.29, 0.717) is 11.7 Å². The second kappa shape index (κ2) is 10.0. The van der Waals surface area contributed by atoms with Crippen molar-refractivity contribution in [2.24, 2.45) is 0 Å². The first-order valence-electron chi connectivity index (χ1n) is 9.72. The molecule has 8 heteroatoms. The molecule has 4 rings (SSSR count). The van der Waals surface area contributed by atoms with Gasteiger partial charge in [0.05, 0.1) is 18.3 Å². The highest BCUT2D eigenvalue weighted by Gasteiger charge is 2.23. The number of carbonyl (C=O) groups is 1. The molecule has 1 amide bonds. The summed E-state index contributed by atoms with van der Waals surface area (Å²) in [6, 6.07) is 12.6. The average molecular weight is 432 g/mol. The van der Waals surface area contributed by atoms with E-state index in [4.69, 9.17) is 0 Å². The van der Waals surface area contributed by atoms with Gasteiger partial charge in [-0.3, -0.25) is 4.79 Å². The third-order valence-electron chi connectivity index (χ3n) is 5.23. The number of hydrogen-bond donors (Lipinski definition) is 2. The van der Waals surface area contributed by atoms with Crippen LogP contribution < -0.4 is 10.6 Å². The predicted molar refractivity (Wildman–Crippen MR) is 118 cm³/mol. The summed E-state index contributed by atoms with van der Waals surface area (Å²) >= 11 is 1.68. The van der Waals surface area contributed by atoms with Crippen LogP contribution in [0.1, 0.15) is 51.4 Å². The number of nitrogens with zero attached hydrogens (tertiary/aromatic N) is 3. The number of piperidine rings is 1. The number of amides is 1. The minimum Gasteiger partial charge on any atom is -0.343 e. The van der Waals surface area contributed by atoms with Crippen LogP contribution in [0.5, 0.6) is 0 Å². The fraction of sp³-hybridized carbons (Fsp3) is 0.381. The fourth-order valence-electron chi connectivity index (χ4n) is 3.66. The Bertz CT molecular complexity index is 920. The van der Waals surface area contributed by atoms with Crippen molar-refractivity contribution in [3.63, 3.8) is 0 Å². The van der Waals surface area contributed by atoms with Crippen molar-refractivity contribution >= 4 is 29.7 Å². The van der Waals surface area contributed by atoms with Gasteiger partial charge in [-0.1, -0.05) is 35.5 Å². The largest absolute Gasteiger partial charge is 0.343 e. The number of aromatic nitrogens is 3. The first-order valence-corrected chi connectivity index (χ1v) is 10.6. The highest BCUT2D eigenvalue weighted by Crippen LogP contribution is 2.27. The average Bonchev–Trinajstić information content (AvgIpc) is 3.38. The molecule has 1 aliphatic rings. The Kier molecular flexibility index (Phi) is 7.41. The van der Waals surface area contributed by atoms with E-state index in [1.165, 1.54) is 16.0 Å². The molecular weight excluding hydrogens is 406 g/mol. The van der Waals surface area contributed by atoms with Crippen molar-refractivity contribution in [2.75, 3.05) is 13.1 Å². The maximum Gasteiger partial charge on any atom is 0.273 e. The first-order chi connectivity index (χ1) is 13.7. The number of hydrogen-bond acceptors (Lipinski definition) is 5. The van der Waals surface area contributed by atoms with Crippen LogP contribution in [0.25, 0.3) is 0 Å². The molecule has 1 unspecified atom stereocenters. The smallest absolute Gasteiger partial charge is 0.273 e. The van der Waals surface area contributed by atoms with Crippen molar-refractivity contribution in [3.8, 4) is 0 Å². The summed E-state index contributed by atoms with van der Waals surface area (Å²) in [5, 5.41) is 17.0. The molecule has 0 radical (unpaired) electrons. The monoisotopic (exact) mass is 431 g/mol. The van der Waals surface area contributed by atoms with Crippen molar-refractivity contribution in [1.29, 1.82) is 0 Å². The number of carbonyl (C=O) groups excluding carboxylic acids is 1. The van der Waals surface area contributed by atoms with Gasteiger partial charge in [-0.05, 0) is 61.8 Å². The zero-order chi connectivity index (χ0) is 19.3. The number of thiophene rings is 1. The summed E-state index contributed by atoms with van der Waals surface area (Å²) in [7, 11) is 0. The Morgan fingerprint density at radius 3 is 2.72 bits per heavy atom. The highest BCUT2D eigenvalue weighted by atomic mass is 35.5. The van der Waals surface area contributed by atoms with Gasteiger partial charge >= 0.3 is 0 Å². The number of halogens is 1. The maximum absolute atomic E-state index is 12.9. The highest BCUT2D eigenvalue weighted by molar-refractivity contribution is 7.10. The van der Waals surface area contributed by atoms with E-state index in [1.807, 2.05) is 22.9 Å². The number of aryl methyl sites for hydroxylation is 1. The molecule has 29 heavy (non-hydrogen) atoms. The van der Waals surface area contributed by atoms with E-state index in [0.717, 1.165) is 32.4 Å². The molecule has 1 atom stereocenters. The number of nitrogens with one attached hydrogen (secondary N) is 2. The van der Waals surface area contributed by atoms with Gasteiger partial charge in [0, 0.05) is 4.88 Å². The van der Waals surface area contributed by atoms with Crippen LogP contribution in [0.3, 0.4) is 0 Å². The van der Waals surface area contributed by atoms with Gasteiger partial charge in [0.1, 0.15) is 0 Å². The molecule has 1 fully saturated rings. The lowest BCUT2D eigenvalue weighted by atomic mass is 10.0. The van der Waals surface area contributed by atoms with Gasteiger partial charge in [0.15, 0.2) is 5.69 Å². The molecular formula is C21H26ClN5OS. The Balaban J connectivity index is 0.00000240. The lowest BCUT2D eigenvalue weighted by molar-refractivity contribution is 0.0932. The van der Waals surface area contributed by atoms with Crippen molar-refractivity contribution in [1.82, 2.24) is 25.6 Å². The topological polar surface area (TPSA) is 71.8 Å². The van der Waals surface area contributed by atoms with Crippen LogP contribution in [-0.4, -0.2) is 34.0 Å². The molecule has 1 aliphatic heterocycles. The van der Waals surface area contributed by atoms with Gasteiger partial charge in [0.2, 0.25) is 0 Å². The lowest BCUT2D eigenvalue weighted by Crippen LogP contribution is -2.30. The number of benzene rings is 1. The van der Waals surface area contributed by atoms with Crippen LogP contribution >= 0.6 is 23.7 Å². The van der Waals surface area contributed by atoms with E-state index >= 15 is 0 Å². The van der Waals surface area contributed by atoms with Gasteiger partial charge in [-0.15, -0.1) is 28.8 Å². The maximum atomic E-state index is 12.9. The zero-order valence-electron chi connectivity index (χ0n) is 16.4. The van der Waals surface area contributed by atoms with E-state index in [2.05, 4.69) is 51.4 Å². The zero-order valence-corrected chi connectivity index (χ0v) is 18.0. The minimum absolute atomic E-state index is 0. The second-order valence-electron chi connectivity index (χ2n) is 7.25. The molecule has 3 heterocycles. The normalized spacial score (nSPS) is 15.5. The first kappa shape index (κ1) is 21.5. The quantitative estimate of drug-likeness (QED) is 0.624. The summed E-state index contributed by atoms with van der Waals surface area (Å²) in [4.78, 5) is 14.1. The standard InChI is InChI=1S/C21H25N5OS.ClH/c1-15-9-12-28-20(15)18(13-16-5-3-2-4-6-16)23-21(27)19-14-26(25-24-19)17-7-10-22-11-8-17;/h2-6,9,12,14,17-18,22H,7-8,10-11,13H2,1H3,(H,23,27);1H. The van der Waals surface area contributed by atoms with E-state index in [-0.39, 0.29) is 24.4 Å². The third kappa shape index (κ3) is 5.23. The van der Waals surface area contributed by atoms with Crippen molar-refractivity contribution < 1.29 is 4.79 Å². The van der Waals surface area contributed by atoms with E-state index in [9.17, 15) is 4.79 Å². The molecule has 0 spiro atoms. The van der Waals surface area contributed by atoms with Crippen LogP contribution in [0.15, 0.2) is 48.0 Å². The molecule has 1 aromatic carbocycles. The summed E-state index contributed by atoms with van der Waals surface area (Å²) in [6.45, 7) is 4.04. The molecule has 0 saturated carbocycles. The summed E-state index contributed by atoms with van der Waals surface area (Å²) < 4.78 is 1.85. The lowest BCUT2D eigenvalue weighted by Gasteiger charge is -2.22. The van der Waals surface area contributed by atoms with Crippen molar-refractivity contribution in [3.05, 3.63) is 69.7 Å². The molecule has 1 saturated heterocycles. The second-order valence-corrected chi connectivity index (χ2v) is 8.20. The van der Waals surface area contributed by atoms with Crippen LogP contribution in [0, 0.1) is 6.92 Å². The number of rotatable bonds is 6. The Hall–Kier alpha value is -2.22. The van der Waals surface area contributed by atoms with Crippen molar-refractivity contribution in [2.45, 2.75) is 38.3 Å². The van der Waals surface area contributed by atoms with E-state index < -0.39 is 0 Å². The molecule has 2 aromatic heterocycles. The van der Waals surface area contributed by atoms with E-state index in [1.54, 1.807) is 17.5 Å².